The highest BCUT2D eigenvalue weighted by Crippen LogP contribution is 2.41. The summed E-state index contributed by atoms with van der Waals surface area (Å²) < 4.78 is 49.4. The smallest absolute Gasteiger partial charge is 0.424 e. The lowest BCUT2D eigenvalue weighted by Gasteiger charge is -2.31. The lowest BCUT2D eigenvalue weighted by molar-refractivity contribution is -0.275. The molecular weight excluding hydrogens is 487 g/mol. The minimum absolute atomic E-state index is 0.0449. The highest BCUT2D eigenvalue weighted by molar-refractivity contribution is 9.10. The van der Waals surface area contributed by atoms with Crippen molar-refractivity contribution in [3.05, 3.63) is 88.5 Å². The van der Waals surface area contributed by atoms with E-state index in [0.717, 1.165) is 5.69 Å². The minimum atomic E-state index is -5.03. The first-order valence-electron chi connectivity index (χ1n) is 9.38. The normalized spacial score (nSPS) is 13.5. The summed E-state index contributed by atoms with van der Waals surface area (Å²) in [5.74, 6) is -0.0589. The van der Waals surface area contributed by atoms with Crippen molar-refractivity contribution < 1.29 is 23.0 Å². The number of aliphatic hydroxyl groups is 1. The number of aromatic nitrogens is 2. The molecule has 0 saturated carbocycles. The van der Waals surface area contributed by atoms with Crippen molar-refractivity contribution in [1.82, 2.24) is 9.78 Å². The fraction of sp³-hybridized carbons (Fsp3) is 0.130. The molecule has 1 aromatic heterocycles. The van der Waals surface area contributed by atoms with Crippen LogP contribution < -0.4 is 4.74 Å². The molecule has 0 saturated heterocycles. The number of benzene rings is 3. The maximum Gasteiger partial charge on any atom is 0.424 e. The number of nitrogens with zero attached hydrogens (tertiary/aromatic N) is 3. The molecule has 1 N–H and O–H groups in total. The van der Waals surface area contributed by atoms with Gasteiger partial charge in [0.1, 0.15) is 18.4 Å². The Morgan fingerprint density at radius 3 is 2.50 bits per heavy atom. The van der Waals surface area contributed by atoms with E-state index in [1.165, 1.54) is 42.6 Å². The number of para-hydroxylation sites is 1. The van der Waals surface area contributed by atoms with Gasteiger partial charge in [-0.3, -0.25) is 0 Å². The third-order valence-electron chi connectivity index (χ3n) is 5.01. The van der Waals surface area contributed by atoms with Crippen LogP contribution in [0.2, 0.25) is 0 Å². The van der Waals surface area contributed by atoms with Crippen molar-refractivity contribution in [2.24, 2.45) is 0 Å². The fourth-order valence-corrected chi connectivity index (χ4v) is 3.65. The van der Waals surface area contributed by atoms with Gasteiger partial charge in [-0.25, -0.2) is 4.68 Å². The van der Waals surface area contributed by atoms with Crippen molar-refractivity contribution in [3.63, 3.8) is 0 Å². The van der Waals surface area contributed by atoms with Gasteiger partial charge in [0.05, 0.1) is 23.0 Å². The Morgan fingerprint density at radius 2 is 1.81 bits per heavy atom. The highest BCUT2D eigenvalue weighted by Gasteiger charge is 2.56. The van der Waals surface area contributed by atoms with Crippen molar-refractivity contribution in [2.75, 3.05) is 6.61 Å². The number of hydrogen-bond acceptors (Lipinski definition) is 4. The monoisotopic (exact) mass is 501 g/mol. The summed E-state index contributed by atoms with van der Waals surface area (Å²) in [4.78, 5) is 0. The van der Waals surface area contributed by atoms with Crippen LogP contribution in [0.1, 0.15) is 11.1 Å². The van der Waals surface area contributed by atoms with Crippen molar-refractivity contribution in [1.29, 1.82) is 5.26 Å². The predicted molar refractivity (Wildman–Crippen MR) is 115 cm³/mol. The number of hydrogen-bond donors (Lipinski definition) is 1. The van der Waals surface area contributed by atoms with E-state index in [1.54, 1.807) is 4.68 Å². The molecule has 1 atom stereocenters. The molecule has 5 nitrogen and oxygen atoms in total. The molecule has 0 aliphatic heterocycles. The van der Waals surface area contributed by atoms with E-state index in [1.807, 2.05) is 36.4 Å². The molecule has 162 valence electrons. The van der Waals surface area contributed by atoms with Gasteiger partial charge in [-0.05, 0) is 48.0 Å². The second-order valence-electron chi connectivity index (χ2n) is 7.06. The Kier molecular flexibility index (Phi) is 5.67. The number of ether oxygens (including phenoxy) is 1. The van der Waals surface area contributed by atoms with E-state index in [9.17, 15) is 23.5 Å². The fourth-order valence-electron chi connectivity index (χ4n) is 3.29. The molecule has 1 heterocycles. The van der Waals surface area contributed by atoms with Crippen LogP contribution in [0.3, 0.4) is 0 Å². The van der Waals surface area contributed by atoms with Gasteiger partial charge >= 0.3 is 6.18 Å². The van der Waals surface area contributed by atoms with E-state index in [-0.39, 0.29) is 16.9 Å². The Balaban J connectivity index is 1.71. The molecule has 0 radical (unpaired) electrons. The number of fused-ring (bicyclic) bond motifs is 1. The first-order chi connectivity index (χ1) is 15.2. The van der Waals surface area contributed by atoms with Crippen molar-refractivity contribution >= 4 is 26.8 Å². The minimum Gasteiger partial charge on any atom is -0.488 e. The van der Waals surface area contributed by atoms with Crippen LogP contribution in [0.25, 0.3) is 16.6 Å². The van der Waals surface area contributed by atoms with Crippen LogP contribution in [0.4, 0.5) is 13.2 Å². The van der Waals surface area contributed by atoms with Crippen LogP contribution in [0.15, 0.2) is 77.4 Å². The van der Waals surface area contributed by atoms with E-state index < -0.39 is 18.4 Å². The molecule has 9 heteroatoms. The van der Waals surface area contributed by atoms with Gasteiger partial charge in [-0.2, -0.15) is 23.5 Å². The van der Waals surface area contributed by atoms with Gasteiger partial charge in [-0.1, -0.05) is 40.2 Å². The Labute approximate surface area is 189 Å². The molecule has 0 aliphatic carbocycles. The first kappa shape index (κ1) is 21.9. The van der Waals surface area contributed by atoms with E-state index in [0.29, 0.717) is 15.4 Å². The molecule has 0 spiro atoms. The Morgan fingerprint density at radius 1 is 1.06 bits per heavy atom. The van der Waals surface area contributed by atoms with Crippen LogP contribution in [0, 0.1) is 11.3 Å². The second-order valence-corrected chi connectivity index (χ2v) is 7.98. The summed E-state index contributed by atoms with van der Waals surface area (Å²) in [6, 6.07) is 19.3. The summed E-state index contributed by atoms with van der Waals surface area (Å²) in [7, 11) is 0. The predicted octanol–water partition coefficient (Wildman–Crippen LogP) is 5.49. The molecule has 1 unspecified atom stereocenters. The van der Waals surface area contributed by atoms with Crippen molar-refractivity contribution in [3.8, 4) is 17.5 Å². The van der Waals surface area contributed by atoms with Crippen LogP contribution in [0.5, 0.6) is 5.75 Å². The number of nitriles is 1. The molecule has 32 heavy (non-hydrogen) atoms. The third-order valence-corrected chi connectivity index (χ3v) is 5.51. The lowest BCUT2D eigenvalue weighted by Crippen LogP contribution is -2.47. The third kappa shape index (κ3) is 3.95. The largest absolute Gasteiger partial charge is 0.488 e. The standard InChI is InChI=1S/C23H15BrF3N3O2/c24-18-7-9-21(15(11-18)12-28)32-14-22(31,23(25,26)27)17-6-8-20-16(10-17)13-29-30(20)19-4-2-1-3-5-19/h1-11,13,31H,14H2. The summed E-state index contributed by atoms with van der Waals surface area (Å²) in [6.07, 6.45) is -3.59. The molecule has 4 aromatic rings. The average molecular weight is 502 g/mol. The lowest BCUT2D eigenvalue weighted by atomic mass is 9.93. The van der Waals surface area contributed by atoms with Gasteiger partial charge in [0.25, 0.3) is 0 Å². The molecule has 3 aromatic carbocycles. The van der Waals surface area contributed by atoms with Gasteiger partial charge in [0.15, 0.2) is 0 Å². The first-order valence-corrected chi connectivity index (χ1v) is 10.2. The van der Waals surface area contributed by atoms with E-state index in [4.69, 9.17) is 4.74 Å². The van der Waals surface area contributed by atoms with Crippen LogP contribution >= 0.6 is 15.9 Å². The summed E-state index contributed by atoms with van der Waals surface area (Å²) >= 11 is 3.19. The summed E-state index contributed by atoms with van der Waals surface area (Å²) in [5, 5.41) is 24.6. The highest BCUT2D eigenvalue weighted by atomic mass is 79.9. The molecule has 4 rings (SSSR count). The molecule has 0 aliphatic rings. The van der Waals surface area contributed by atoms with Crippen LogP contribution in [-0.4, -0.2) is 27.7 Å². The van der Waals surface area contributed by atoms with Gasteiger partial charge in [0.2, 0.25) is 5.60 Å². The quantitative estimate of drug-likeness (QED) is 0.392. The number of alkyl halides is 3. The van der Waals surface area contributed by atoms with Gasteiger partial charge < -0.3 is 9.84 Å². The van der Waals surface area contributed by atoms with Gasteiger partial charge in [-0.15, -0.1) is 0 Å². The Bertz CT molecular complexity index is 1320. The molecular formula is C23H15BrF3N3O2. The second kappa shape index (κ2) is 8.30. The van der Waals surface area contributed by atoms with Crippen LogP contribution in [-0.2, 0) is 5.60 Å². The number of rotatable bonds is 5. The average Bonchev–Trinajstić information content (AvgIpc) is 3.21. The zero-order valence-corrected chi connectivity index (χ0v) is 17.9. The molecule has 0 amide bonds. The van der Waals surface area contributed by atoms with E-state index in [2.05, 4.69) is 21.0 Å². The maximum absolute atomic E-state index is 14.0. The number of halogens is 4. The van der Waals surface area contributed by atoms with Crippen molar-refractivity contribution in [2.45, 2.75) is 11.8 Å². The molecule has 0 bridgehead atoms. The topological polar surface area (TPSA) is 71.1 Å². The summed E-state index contributed by atoms with van der Waals surface area (Å²) in [5.41, 5.74) is -2.30. The molecule has 0 fully saturated rings. The maximum atomic E-state index is 14.0. The summed E-state index contributed by atoms with van der Waals surface area (Å²) in [6.45, 7) is -1.12. The SMILES string of the molecule is N#Cc1cc(Br)ccc1OCC(O)(c1ccc2c(cnn2-c2ccccc2)c1)C(F)(F)F. The van der Waals surface area contributed by atoms with E-state index >= 15 is 0 Å². The zero-order chi connectivity index (χ0) is 22.9. The zero-order valence-electron chi connectivity index (χ0n) is 16.3. The van der Waals surface area contributed by atoms with Gasteiger partial charge in [0, 0.05) is 9.86 Å². The Hall–Kier alpha value is -3.35.